The zero-order valence-corrected chi connectivity index (χ0v) is 9.61. The SMILES string of the molecule is Cn1cccc1-c1nnc2ccc(C(=O)O)cn12. The van der Waals surface area contributed by atoms with Gasteiger partial charge in [0.25, 0.3) is 0 Å². The Morgan fingerprint density at radius 2 is 2.11 bits per heavy atom. The molecular formula is C12H10N4O2. The Hall–Kier alpha value is -2.63. The lowest BCUT2D eigenvalue weighted by Gasteiger charge is -2.02. The van der Waals surface area contributed by atoms with Crippen LogP contribution in [0.1, 0.15) is 10.4 Å². The maximum absolute atomic E-state index is 11.0. The van der Waals surface area contributed by atoms with Crippen LogP contribution < -0.4 is 0 Å². The summed E-state index contributed by atoms with van der Waals surface area (Å²) in [6.07, 6.45) is 3.43. The van der Waals surface area contributed by atoms with Crippen LogP contribution in [0.5, 0.6) is 0 Å². The minimum atomic E-state index is -0.969. The molecule has 3 aromatic rings. The van der Waals surface area contributed by atoms with Crippen molar-refractivity contribution in [1.29, 1.82) is 0 Å². The Balaban J connectivity index is 2.27. The molecule has 0 bridgehead atoms. The van der Waals surface area contributed by atoms with Gasteiger partial charge in [0, 0.05) is 19.4 Å². The Kier molecular flexibility index (Phi) is 2.16. The fourth-order valence-electron chi connectivity index (χ4n) is 1.89. The fraction of sp³-hybridized carbons (Fsp3) is 0.0833. The van der Waals surface area contributed by atoms with E-state index in [1.165, 1.54) is 12.3 Å². The first-order chi connectivity index (χ1) is 8.66. The number of nitrogens with zero attached hydrogens (tertiary/aromatic N) is 4. The second kappa shape index (κ2) is 3.69. The summed E-state index contributed by atoms with van der Waals surface area (Å²) < 4.78 is 3.59. The van der Waals surface area contributed by atoms with E-state index in [1.54, 1.807) is 10.5 Å². The van der Waals surface area contributed by atoms with E-state index in [-0.39, 0.29) is 5.56 Å². The average Bonchev–Trinajstić information content (AvgIpc) is 2.93. The van der Waals surface area contributed by atoms with Crippen molar-refractivity contribution < 1.29 is 9.90 Å². The quantitative estimate of drug-likeness (QED) is 0.737. The van der Waals surface area contributed by atoms with E-state index in [1.807, 2.05) is 29.9 Å². The van der Waals surface area contributed by atoms with Gasteiger partial charge in [0.2, 0.25) is 0 Å². The molecule has 90 valence electrons. The van der Waals surface area contributed by atoms with Gasteiger partial charge in [0.15, 0.2) is 11.5 Å². The highest BCUT2D eigenvalue weighted by Crippen LogP contribution is 2.18. The smallest absolute Gasteiger partial charge is 0.337 e. The summed E-state index contributed by atoms with van der Waals surface area (Å²) in [5, 5.41) is 17.1. The van der Waals surface area contributed by atoms with Gasteiger partial charge in [0.05, 0.1) is 11.3 Å². The van der Waals surface area contributed by atoms with Gasteiger partial charge in [-0.15, -0.1) is 10.2 Å². The van der Waals surface area contributed by atoms with E-state index in [9.17, 15) is 4.79 Å². The predicted molar refractivity (Wildman–Crippen MR) is 64.4 cm³/mol. The first kappa shape index (κ1) is 10.5. The van der Waals surface area contributed by atoms with Crippen LogP contribution in [-0.4, -0.2) is 30.2 Å². The molecule has 0 radical (unpaired) electrons. The molecule has 6 nitrogen and oxygen atoms in total. The fourth-order valence-corrected chi connectivity index (χ4v) is 1.89. The van der Waals surface area contributed by atoms with Crippen molar-refractivity contribution >= 4 is 11.6 Å². The van der Waals surface area contributed by atoms with Gasteiger partial charge in [-0.1, -0.05) is 0 Å². The van der Waals surface area contributed by atoms with Gasteiger partial charge in [-0.3, -0.25) is 4.40 Å². The predicted octanol–water partition coefficient (Wildman–Crippen LogP) is 1.43. The number of aryl methyl sites for hydroxylation is 1. The number of hydrogen-bond acceptors (Lipinski definition) is 3. The van der Waals surface area contributed by atoms with Crippen LogP contribution >= 0.6 is 0 Å². The number of fused-ring (bicyclic) bond motifs is 1. The van der Waals surface area contributed by atoms with E-state index in [0.717, 1.165) is 5.69 Å². The van der Waals surface area contributed by atoms with Gasteiger partial charge in [-0.25, -0.2) is 4.79 Å². The zero-order chi connectivity index (χ0) is 12.7. The summed E-state index contributed by atoms with van der Waals surface area (Å²) in [4.78, 5) is 11.0. The molecule has 0 spiro atoms. The number of hydrogen-bond donors (Lipinski definition) is 1. The molecule has 0 unspecified atom stereocenters. The molecule has 1 N–H and O–H groups in total. The number of carbonyl (C=O) groups is 1. The molecular weight excluding hydrogens is 232 g/mol. The molecule has 0 saturated carbocycles. The maximum atomic E-state index is 11.0. The largest absolute Gasteiger partial charge is 0.478 e. The molecule has 0 aliphatic heterocycles. The number of carboxylic acids is 1. The molecule has 0 atom stereocenters. The summed E-state index contributed by atoms with van der Waals surface area (Å²) >= 11 is 0. The summed E-state index contributed by atoms with van der Waals surface area (Å²) in [6.45, 7) is 0. The van der Waals surface area contributed by atoms with Crippen molar-refractivity contribution in [2.45, 2.75) is 0 Å². The zero-order valence-electron chi connectivity index (χ0n) is 9.61. The van der Waals surface area contributed by atoms with Crippen LogP contribution in [-0.2, 0) is 7.05 Å². The molecule has 3 heterocycles. The van der Waals surface area contributed by atoms with E-state index >= 15 is 0 Å². The molecule has 0 aliphatic rings. The highest BCUT2D eigenvalue weighted by atomic mass is 16.4. The van der Waals surface area contributed by atoms with E-state index in [4.69, 9.17) is 5.11 Å². The molecule has 0 fully saturated rings. The van der Waals surface area contributed by atoms with Crippen LogP contribution in [0.15, 0.2) is 36.7 Å². The number of aromatic carboxylic acids is 1. The second-order valence-electron chi connectivity index (χ2n) is 3.98. The van der Waals surface area contributed by atoms with Crippen LogP contribution in [0, 0.1) is 0 Å². The Morgan fingerprint density at radius 3 is 2.78 bits per heavy atom. The number of carboxylic acid groups (broad SMARTS) is 1. The standard InChI is InChI=1S/C12H10N4O2/c1-15-6-2-3-9(15)11-14-13-10-5-4-8(12(17)18)7-16(10)11/h2-7H,1H3,(H,17,18). The molecule has 3 aromatic heterocycles. The summed E-state index contributed by atoms with van der Waals surface area (Å²) in [6, 6.07) is 6.96. The van der Waals surface area contributed by atoms with Crippen LogP contribution in [0.4, 0.5) is 0 Å². The number of aromatic nitrogens is 4. The Bertz CT molecular complexity index is 741. The Morgan fingerprint density at radius 1 is 1.28 bits per heavy atom. The van der Waals surface area contributed by atoms with Crippen LogP contribution in [0.2, 0.25) is 0 Å². The first-order valence-electron chi connectivity index (χ1n) is 5.36. The topological polar surface area (TPSA) is 72.4 Å². The summed E-state index contributed by atoms with van der Waals surface area (Å²) in [5.41, 5.74) is 1.71. The molecule has 0 amide bonds. The lowest BCUT2D eigenvalue weighted by atomic mass is 10.3. The molecule has 0 aliphatic carbocycles. The lowest BCUT2D eigenvalue weighted by Crippen LogP contribution is -2.00. The highest BCUT2D eigenvalue weighted by Gasteiger charge is 2.12. The van der Waals surface area contributed by atoms with E-state index in [2.05, 4.69) is 10.2 Å². The monoisotopic (exact) mass is 242 g/mol. The molecule has 18 heavy (non-hydrogen) atoms. The Labute approximate surface area is 102 Å². The minimum absolute atomic E-state index is 0.206. The van der Waals surface area contributed by atoms with Crippen LogP contribution in [0.25, 0.3) is 17.2 Å². The van der Waals surface area contributed by atoms with Gasteiger partial charge in [-0.2, -0.15) is 0 Å². The van der Waals surface area contributed by atoms with Crippen molar-refractivity contribution in [3.8, 4) is 11.5 Å². The first-order valence-corrected chi connectivity index (χ1v) is 5.36. The molecule has 0 saturated heterocycles. The third-order valence-corrected chi connectivity index (χ3v) is 2.82. The average molecular weight is 242 g/mol. The third-order valence-electron chi connectivity index (χ3n) is 2.82. The molecule has 6 heteroatoms. The second-order valence-corrected chi connectivity index (χ2v) is 3.98. The van der Waals surface area contributed by atoms with Gasteiger partial charge in [0.1, 0.15) is 0 Å². The van der Waals surface area contributed by atoms with Gasteiger partial charge in [-0.05, 0) is 24.3 Å². The lowest BCUT2D eigenvalue weighted by molar-refractivity contribution is 0.0696. The minimum Gasteiger partial charge on any atom is -0.478 e. The third kappa shape index (κ3) is 1.46. The molecule has 3 rings (SSSR count). The van der Waals surface area contributed by atoms with Crippen molar-refractivity contribution in [3.05, 3.63) is 42.2 Å². The van der Waals surface area contributed by atoms with Gasteiger partial charge < -0.3 is 9.67 Å². The highest BCUT2D eigenvalue weighted by molar-refractivity contribution is 5.87. The number of pyridine rings is 1. The normalized spacial score (nSPS) is 10.9. The van der Waals surface area contributed by atoms with Crippen LogP contribution in [0.3, 0.4) is 0 Å². The molecule has 0 aromatic carbocycles. The van der Waals surface area contributed by atoms with Crippen molar-refractivity contribution in [1.82, 2.24) is 19.2 Å². The van der Waals surface area contributed by atoms with E-state index < -0.39 is 5.97 Å². The summed E-state index contributed by atoms with van der Waals surface area (Å²) in [5.74, 6) is -0.343. The van der Waals surface area contributed by atoms with Crippen molar-refractivity contribution in [2.75, 3.05) is 0 Å². The number of rotatable bonds is 2. The van der Waals surface area contributed by atoms with E-state index in [0.29, 0.717) is 11.5 Å². The van der Waals surface area contributed by atoms with Gasteiger partial charge >= 0.3 is 5.97 Å². The van der Waals surface area contributed by atoms with Crippen molar-refractivity contribution in [2.24, 2.45) is 7.05 Å². The van der Waals surface area contributed by atoms with Crippen molar-refractivity contribution in [3.63, 3.8) is 0 Å². The maximum Gasteiger partial charge on any atom is 0.337 e. The summed E-state index contributed by atoms with van der Waals surface area (Å²) in [7, 11) is 1.90.